The van der Waals surface area contributed by atoms with Crippen molar-refractivity contribution in [1.29, 1.82) is 0 Å². The Labute approximate surface area is 601 Å². The van der Waals surface area contributed by atoms with Crippen molar-refractivity contribution in [2.24, 2.45) is 0 Å². The molecule has 0 aromatic rings. The molecular formula is C81H138O16P2. The van der Waals surface area contributed by atoms with E-state index in [1.54, 1.807) is 0 Å². The molecule has 18 heteroatoms. The number of ether oxygens (including phenoxy) is 3. The van der Waals surface area contributed by atoms with Crippen molar-refractivity contribution < 1.29 is 75.8 Å². The fourth-order valence-electron chi connectivity index (χ4n) is 9.99. The number of hydrogen-bond donors (Lipinski definition) is 4. The van der Waals surface area contributed by atoms with Gasteiger partial charge in [-0.2, -0.15) is 0 Å². The molecule has 0 saturated carbocycles. The summed E-state index contributed by atoms with van der Waals surface area (Å²) in [7, 11) is -9.81. The van der Waals surface area contributed by atoms with Crippen molar-refractivity contribution in [2.75, 3.05) is 39.6 Å². The first-order chi connectivity index (χ1) is 48.2. The molecule has 0 aliphatic carbocycles. The molecule has 0 saturated heterocycles. The van der Waals surface area contributed by atoms with E-state index in [1.165, 1.54) is 122 Å². The normalized spacial score (nSPS) is 14.8. The quantitative estimate of drug-likeness (QED) is 0.0146. The highest BCUT2D eigenvalue weighted by Gasteiger charge is 2.29. The summed E-state index contributed by atoms with van der Waals surface area (Å²) in [6, 6.07) is 0. The van der Waals surface area contributed by atoms with Crippen LogP contribution in [0, 0.1) is 0 Å². The molecule has 0 heterocycles. The van der Waals surface area contributed by atoms with E-state index in [9.17, 15) is 43.5 Å². The molecule has 0 aliphatic heterocycles. The largest absolute Gasteiger partial charge is 0.472 e. The molecule has 0 bridgehead atoms. The van der Waals surface area contributed by atoms with Crippen LogP contribution in [0.3, 0.4) is 0 Å². The smallest absolute Gasteiger partial charge is 0.463 e. The number of rotatable bonds is 72. The Morgan fingerprint density at radius 1 is 0.293 bits per heavy atom. The second-order valence-electron chi connectivity index (χ2n) is 25.4. The van der Waals surface area contributed by atoms with Crippen LogP contribution < -0.4 is 0 Å². The maximum absolute atomic E-state index is 12.9. The van der Waals surface area contributed by atoms with Crippen LogP contribution >= 0.6 is 15.6 Å². The van der Waals surface area contributed by atoms with Gasteiger partial charge in [-0.1, -0.05) is 289 Å². The van der Waals surface area contributed by atoms with Crippen LogP contribution in [-0.2, 0) is 55.8 Å². The van der Waals surface area contributed by atoms with Crippen molar-refractivity contribution >= 4 is 33.6 Å². The van der Waals surface area contributed by atoms with Gasteiger partial charge in [-0.05, 0) is 128 Å². The van der Waals surface area contributed by atoms with Crippen LogP contribution in [0.5, 0.6) is 0 Å². The van der Waals surface area contributed by atoms with Crippen LogP contribution in [0.25, 0.3) is 0 Å². The molecule has 568 valence electrons. The van der Waals surface area contributed by atoms with Gasteiger partial charge < -0.3 is 34.2 Å². The third-order valence-electron chi connectivity index (χ3n) is 15.8. The summed E-state index contributed by atoms with van der Waals surface area (Å²) in [6.07, 6.45) is 88.1. The fraction of sp³-hybridized carbons (Fsp3) is 0.691. The van der Waals surface area contributed by atoms with Gasteiger partial charge in [0.1, 0.15) is 25.4 Å². The number of phosphoric ester groups is 2. The van der Waals surface area contributed by atoms with E-state index in [4.69, 9.17) is 32.3 Å². The topological polar surface area (TPSA) is 231 Å². The summed E-state index contributed by atoms with van der Waals surface area (Å²) in [6.45, 7) is 2.44. The number of aliphatic hydroxyl groups is 2. The molecule has 0 radical (unpaired) electrons. The van der Waals surface area contributed by atoms with Crippen molar-refractivity contribution in [3.8, 4) is 0 Å². The van der Waals surface area contributed by atoms with E-state index in [0.29, 0.717) is 25.7 Å². The summed E-state index contributed by atoms with van der Waals surface area (Å²) in [4.78, 5) is 58.5. The van der Waals surface area contributed by atoms with Crippen LogP contribution in [0.15, 0.2) is 134 Å². The van der Waals surface area contributed by atoms with E-state index < -0.39 is 91.5 Å². The lowest BCUT2D eigenvalue weighted by Gasteiger charge is -2.21. The van der Waals surface area contributed by atoms with E-state index in [0.717, 1.165) is 116 Å². The summed E-state index contributed by atoms with van der Waals surface area (Å²) in [5.41, 5.74) is 0. The minimum absolute atomic E-state index is 0.0410. The summed E-state index contributed by atoms with van der Waals surface area (Å²) in [5.74, 6) is -1.68. The third-order valence-corrected chi connectivity index (χ3v) is 17.7. The molecule has 99 heavy (non-hydrogen) atoms. The predicted octanol–water partition coefficient (Wildman–Crippen LogP) is 22.3. The van der Waals surface area contributed by atoms with E-state index >= 15 is 0 Å². The number of aliphatic hydroxyl groups excluding tert-OH is 2. The second-order valence-corrected chi connectivity index (χ2v) is 28.3. The number of allylic oxidation sites excluding steroid dienone is 22. The van der Waals surface area contributed by atoms with Gasteiger partial charge in [0.15, 0.2) is 6.10 Å². The van der Waals surface area contributed by atoms with Crippen molar-refractivity contribution in [2.45, 2.75) is 322 Å². The van der Waals surface area contributed by atoms with Crippen molar-refractivity contribution in [1.82, 2.24) is 0 Å². The summed E-state index contributed by atoms with van der Waals surface area (Å²) < 4.78 is 61.0. The van der Waals surface area contributed by atoms with Crippen molar-refractivity contribution in [3.63, 3.8) is 0 Å². The highest BCUT2D eigenvalue weighted by molar-refractivity contribution is 7.47. The molecule has 0 fully saturated rings. The fourth-order valence-corrected chi connectivity index (χ4v) is 11.6. The molecule has 16 nitrogen and oxygen atoms in total. The van der Waals surface area contributed by atoms with Crippen LogP contribution in [0.2, 0.25) is 0 Å². The molecule has 5 unspecified atom stereocenters. The SMILES string of the molecule is CC/C=C\C/C=C\C/C=C\C/C=C\C/C=C\C/C=C\CCC(=O)OCC(COP(=O)(O)OCC(O)COP(=O)(O)OCC(O)COC(=O)CCCCCCCCCCCCCCC/C=C\C/C=C\C/C=C\C/C=C\CCCCC)OC(=O)CCCCCCC/C=C\CCCCCCCC. The number of phosphoric acid groups is 2. The molecule has 0 rings (SSSR count). The van der Waals surface area contributed by atoms with Gasteiger partial charge in [-0.15, -0.1) is 0 Å². The minimum atomic E-state index is -4.95. The van der Waals surface area contributed by atoms with E-state index in [2.05, 4.69) is 136 Å². The second kappa shape index (κ2) is 73.4. The van der Waals surface area contributed by atoms with Crippen LogP contribution in [0.4, 0.5) is 0 Å². The zero-order chi connectivity index (χ0) is 72.3. The molecule has 0 spiro atoms. The summed E-state index contributed by atoms with van der Waals surface area (Å²) in [5, 5.41) is 20.6. The Morgan fingerprint density at radius 2 is 0.556 bits per heavy atom. The van der Waals surface area contributed by atoms with Crippen LogP contribution in [-0.4, -0.2) is 95.9 Å². The van der Waals surface area contributed by atoms with Gasteiger partial charge in [0.05, 0.1) is 26.4 Å². The number of carbonyl (C=O) groups excluding carboxylic acids is 3. The maximum atomic E-state index is 12.9. The highest BCUT2D eigenvalue weighted by atomic mass is 31.2. The minimum Gasteiger partial charge on any atom is -0.463 e. The predicted molar refractivity (Wildman–Crippen MR) is 408 cm³/mol. The van der Waals surface area contributed by atoms with Gasteiger partial charge in [-0.3, -0.25) is 32.5 Å². The molecule has 4 N–H and O–H groups in total. The van der Waals surface area contributed by atoms with Crippen molar-refractivity contribution in [3.05, 3.63) is 134 Å². The molecule has 0 aromatic carbocycles. The third kappa shape index (κ3) is 74.7. The average Bonchev–Trinajstić information content (AvgIpc) is 1.92. The Hall–Kier alpha value is -4.31. The molecule has 0 amide bonds. The van der Waals surface area contributed by atoms with Crippen LogP contribution in [0.1, 0.15) is 303 Å². The number of hydrogen-bond acceptors (Lipinski definition) is 14. The lowest BCUT2D eigenvalue weighted by atomic mass is 10.0. The van der Waals surface area contributed by atoms with Gasteiger partial charge in [0, 0.05) is 19.3 Å². The van der Waals surface area contributed by atoms with E-state index in [-0.39, 0.29) is 19.3 Å². The zero-order valence-electron chi connectivity index (χ0n) is 61.9. The Kier molecular flexibility index (Phi) is 70.2. The first-order valence-corrected chi connectivity index (χ1v) is 41.5. The lowest BCUT2D eigenvalue weighted by Crippen LogP contribution is -2.30. The summed E-state index contributed by atoms with van der Waals surface area (Å²) >= 11 is 0. The van der Waals surface area contributed by atoms with Gasteiger partial charge in [0.25, 0.3) is 0 Å². The zero-order valence-corrected chi connectivity index (χ0v) is 63.7. The Morgan fingerprint density at radius 3 is 0.939 bits per heavy atom. The first kappa shape index (κ1) is 94.7. The highest BCUT2D eigenvalue weighted by Crippen LogP contribution is 2.45. The van der Waals surface area contributed by atoms with Gasteiger partial charge in [0.2, 0.25) is 0 Å². The number of esters is 3. The first-order valence-electron chi connectivity index (χ1n) is 38.5. The maximum Gasteiger partial charge on any atom is 0.472 e. The number of carbonyl (C=O) groups is 3. The molecule has 0 aromatic heterocycles. The van der Waals surface area contributed by atoms with Gasteiger partial charge >= 0.3 is 33.6 Å². The standard InChI is InChI=1S/C81H138O16P2/c1-4-7-10-13-16-19-22-25-28-30-32-33-34-35-36-37-38-39-40-41-43-45-47-49-52-55-58-61-64-67-79(84)91-70-76(82)71-93-98(87,88)94-72-77(83)73-95-99(89,90)96-75-78(97-81(86)69-66-63-60-57-54-51-46-27-24-21-18-15-12-9-6-3)74-92-80(85)68-65-62-59-56-53-50-48-44-42-31-29-26-23-20-17-14-11-8-5-2/h8,11,16-17,19-20,25-29,32-33,35-36,42,44,46,50,53,59,62,76-78,82-83H,4-7,9-10,12-15,18,21-24,30-31,34,37-41,43,45,47-49,51-52,54-58,60-61,63-75H2,1-3H3,(H,87,88)(H,89,90)/b11-8-,19-16-,20-17-,28-25-,29-26-,33-32-,36-35-,44-42-,46-27-,53-50-,62-59-. The molecule has 5 atom stereocenters. The molecular weight excluding hydrogens is 1290 g/mol. The monoisotopic (exact) mass is 1430 g/mol. The lowest BCUT2D eigenvalue weighted by molar-refractivity contribution is -0.161. The molecule has 0 aliphatic rings. The Bertz CT molecular complexity index is 2330. The average molecular weight is 1430 g/mol. The Balaban J connectivity index is 4.57. The van der Waals surface area contributed by atoms with Gasteiger partial charge in [-0.25, -0.2) is 9.13 Å². The van der Waals surface area contributed by atoms with E-state index in [1.807, 2.05) is 18.2 Å². The number of unbranched alkanes of at least 4 members (excludes halogenated alkanes) is 27.